The summed E-state index contributed by atoms with van der Waals surface area (Å²) in [4.78, 5) is 0. The molecule has 0 aliphatic heterocycles. The number of rotatable bonds is 7. The molecule has 0 saturated carbocycles. The standard InChI is InChI=1S/C25H27FN4O2/c1-6-32-20-10-11-21(22(13-20)31-5)30-16(3)23-15(2)28-29-25(24(23)17(30)4)27-14-18-8-7-9-19(26)12-18/h7-13H,6,14H2,1-5H3,(H,27,29). The Kier molecular flexibility index (Phi) is 5.99. The quantitative estimate of drug-likeness (QED) is 0.416. The van der Waals surface area contributed by atoms with Crippen molar-refractivity contribution in [1.29, 1.82) is 0 Å². The van der Waals surface area contributed by atoms with Crippen molar-refractivity contribution >= 4 is 16.6 Å². The molecule has 0 unspecified atom stereocenters. The third kappa shape index (κ3) is 3.86. The summed E-state index contributed by atoms with van der Waals surface area (Å²) in [5.74, 6) is 1.89. The zero-order chi connectivity index (χ0) is 22.8. The van der Waals surface area contributed by atoms with Crippen molar-refractivity contribution in [3.63, 3.8) is 0 Å². The third-order valence-corrected chi connectivity index (χ3v) is 5.60. The van der Waals surface area contributed by atoms with Gasteiger partial charge in [-0.3, -0.25) is 0 Å². The van der Waals surface area contributed by atoms with E-state index < -0.39 is 0 Å². The van der Waals surface area contributed by atoms with Gasteiger partial charge in [-0.1, -0.05) is 12.1 Å². The molecule has 0 saturated heterocycles. The molecule has 0 spiro atoms. The van der Waals surface area contributed by atoms with Crippen LogP contribution in [0.15, 0.2) is 42.5 Å². The number of ether oxygens (including phenoxy) is 2. The predicted molar refractivity (Wildman–Crippen MR) is 125 cm³/mol. The van der Waals surface area contributed by atoms with Crippen LogP contribution in [0.1, 0.15) is 29.6 Å². The van der Waals surface area contributed by atoms with Gasteiger partial charge in [-0.05, 0) is 57.5 Å². The molecular weight excluding hydrogens is 407 g/mol. The predicted octanol–water partition coefficient (Wildman–Crippen LogP) is 5.50. The molecule has 4 rings (SSSR count). The van der Waals surface area contributed by atoms with Crippen molar-refractivity contribution in [2.45, 2.75) is 34.2 Å². The molecule has 0 amide bonds. The normalized spacial score (nSPS) is 11.1. The zero-order valence-electron chi connectivity index (χ0n) is 19.0. The number of anilines is 1. The number of methoxy groups -OCH3 is 1. The highest BCUT2D eigenvalue weighted by atomic mass is 19.1. The van der Waals surface area contributed by atoms with Crippen LogP contribution < -0.4 is 14.8 Å². The average Bonchev–Trinajstić information content (AvgIpc) is 3.05. The fraction of sp³-hybridized carbons (Fsp3) is 0.280. The van der Waals surface area contributed by atoms with Gasteiger partial charge in [-0.2, -0.15) is 5.10 Å². The van der Waals surface area contributed by atoms with Gasteiger partial charge in [0.15, 0.2) is 5.82 Å². The van der Waals surface area contributed by atoms with Crippen LogP contribution in [0.4, 0.5) is 10.2 Å². The molecule has 0 aliphatic carbocycles. The van der Waals surface area contributed by atoms with Crippen LogP contribution in [0.2, 0.25) is 0 Å². The lowest BCUT2D eigenvalue weighted by Crippen LogP contribution is -2.05. The number of halogens is 1. The second-order valence-corrected chi connectivity index (χ2v) is 7.64. The molecule has 2 heterocycles. The number of benzene rings is 2. The van der Waals surface area contributed by atoms with E-state index in [0.29, 0.717) is 19.0 Å². The molecule has 1 N–H and O–H groups in total. The summed E-state index contributed by atoms with van der Waals surface area (Å²) in [6, 6.07) is 12.4. The minimum Gasteiger partial charge on any atom is -0.494 e. The summed E-state index contributed by atoms with van der Waals surface area (Å²) < 4.78 is 27.1. The van der Waals surface area contributed by atoms with Gasteiger partial charge in [0.1, 0.15) is 17.3 Å². The van der Waals surface area contributed by atoms with E-state index in [2.05, 4.69) is 33.9 Å². The van der Waals surface area contributed by atoms with Gasteiger partial charge in [-0.15, -0.1) is 5.10 Å². The number of nitrogens with zero attached hydrogens (tertiary/aromatic N) is 3. The van der Waals surface area contributed by atoms with E-state index in [1.165, 1.54) is 12.1 Å². The van der Waals surface area contributed by atoms with Gasteiger partial charge >= 0.3 is 0 Å². The van der Waals surface area contributed by atoms with E-state index in [-0.39, 0.29) is 5.82 Å². The molecule has 0 bridgehead atoms. The topological polar surface area (TPSA) is 61.2 Å². The second-order valence-electron chi connectivity index (χ2n) is 7.64. The van der Waals surface area contributed by atoms with Crippen LogP contribution in [-0.4, -0.2) is 28.5 Å². The Labute approximate surface area is 187 Å². The first-order valence-corrected chi connectivity index (χ1v) is 10.6. The van der Waals surface area contributed by atoms with Crippen molar-refractivity contribution in [2.75, 3.05) is 19.0 Å². The van der Waals surface area contributed by atoms with Crippen LogP contribution in [0, 0.1) is 26.6 Å². The Bertz CT molecular complexity index is 1280. The molecule has 0 aliphatic rings. The Hall–Kier alpha value is -3.61. The maximum absolute atomic E-state index is 13.6. The van der Waals surface area contributed by atoms with E-state index in [1.54, 1.807) is 13.2 Å². The Balaban J connectivity index is 1.82. The van der Waals surface area contributed by atoms with Crippen LogP contribution in [0.3, 0.4) is 0 Å². The summed E-state index contributed by atoms with van der Waals surface area (Å²) in [6.45, 7) is 9.06. The van der Waals surface area contributed by atoms with E-state index in [1.807, 2.05) is 38.1 Å². The molecule has 6 nitrogen and oxygen atoms in total. The van der Waals surface area contributed by atoms with E-state index in [9.17, 15) is 4.39 Å². The lowest BCUT2D eigenvalue weighted by Gasteiger charge is -2.15. The lowest BCUT2D eigenvalue weighted by molar-refractivity contribution is 0.336. The fourth-order valence-corrected chi connectivity index (χ4v) is 4.21. The molecule has 32 heavy (non-hydrogen) atoms. The van der Waals surface area contributed by atoms with Gasteiger partial charge in [0, 0.05) is 34.8 Å². The van der Waals surface area contributed by atoms with Crippen molar-refractivity contribution in [2.24, 2.45) is 0 Å². The first kappa shape index (κ1) is 21.6. The van der Waals surface area contributed by atoms with Crippen molar-refractivity contribution in [3.05, 3.63) is 70.9 Å². The molecule has 166 valence electrons. The number of hydrogen-bond donors (Lipinski definition) is 1. The Morgan fingerprint density at radius 3 is 2.50 bits per heavy atom. The van der Waals surface area contributed by atoms with Crippen molar-refractivity contribution in [3.8, 4) is 17.2 Å². The van der Waals surface area contributed by atoms with Crippen LogP contribution in [-0.2, 0) is 6.54 Å². The van der Waals surface area contributed by atoms with Gasteiger partial charge in [0.2, 0.25) is 0 Å². The molecule has 2 aromatic carbocycles. The zero-order valence-corrected chi connectivity index (χ0v) is 19.0. The molecule has 0 radical (unpaired) electrons. The minimum atomic E-state index is -0.259. The monoisotopic (exact) mass is 434 g/mol. The van der Waals surface area contributed by atoms with Gasteiger partial charge in [-0.25, -0.2) is 4.39 Å². The molecule has 0 atom stereocenters. The Morgan fingerprint density at radius 1 is 1.00 bits per heavy atom. The van der Waals surface area contributed by atoms with E-state index >= 15 is 0 Å². The molecular formula is C25H27FN4O2. The van der Waals surface area contributed by atoms with Gasteiger partial charge in [0.25, 0.3) is 0 Å². The highest BCUT2D eigenvalue weighted by Gasteiger charge is 2.21. The van der Waals surface area contributed by atoms with Crippen LogP contribution >= 0.6 is 0 Å². The number of aryl methyl sites for hydroxylation is 3. The van der Waals surface area contributed by atoms with E-state index in [4.69, 9.17) is 9.47 Å². The SMILES string of the molecule is CCOc1ccc(-n2c(C)c3c(C)nnc(NCc4cccc(F)c4)c3c2C)c(OC)c1. The smallest absolute Gasteiger partial charge is 0.158 e. The molecule has 7 heteroatoms. The van der Waals surface area contributed by atoms with E-state index in [0.717, 1.165) is 50.6 Å². The second kappa shape index (κ2) is 8.86. The molecule has 2 aromatic heterocycles. The molecule has 4 aromatic rings. The average molecular weight is 435 g/mol. The summed E-state index contributed by atoms with van der Waals surface area (Å²) in [7, 11) is 1.66. The number of fused-ring (bicyclic) bond motifs is 1. The third-order valence-electron chi connectivity index (χ3n) is 5.60. The maximum atomic E-state index is 13.6. The first-order valence-electron chi connectivity index (χ1n) is 10.6. The summed E-state index contributed by atoms with van der Waals surface area (Å²) >= 11 is 0. The van der Waals surface area contributed by atoms with Crippen molar-refractivity contribution < 1.29 is 13.9 Å². The molecule has 0 fully saturated rings. The highest BCUT2D eigenvalue weighted by molar-refractivity contribution is 5.98. The van der Waals surface area contributed by atoms with Gasteiger partial charge < -0.3 is 19.4 Å². The highest BCUT2D eigenvalue weighted by Crippen LogP contribution is 2.37. The fourth-order valence-electron chi connectivity index (χ4n) is 4.21. The number of hydrogen-bond acceptors (Lipinski definition) is 5. The summed E-state index contributed by atoms with van der Waals surface area (Å²) in [5, 5.41) is 14.2. The van der Waals surface area contributed by atoms with Crippen LogP contribution in [0.5, 0.6) is 11.5 Å². The first-order chi connectivity index (χ1) is 15.4. The number of aromatic nitrogens is 3. The summed E-state index contributed by atoms with van der Waals surface area (Å²) in [6.07, 6.45) is 0. The minimum absolute atomic E-state index is 0.259. The number of nitrogens with one attached hydrogen (secondary N) is 1. The van der Waals surface area contributed by atoms with Gasteiger partial charge in [0.05, 0.1) is 25.1 Å². The Morgan fingerprint density at radius 2 is 1.78 bits per heavy atom. The summed E-state index contributed by atoms with van der Waals surface area (Å²) in [5.41, 5.74) is 4.65. The van der Waals surface area contributed by atoms with Crippen LogP contribution in [0.25, 0.3) is 16.5 Å². The van der Waals surface area contributed by atoms with Crippen molar-refractivity contribution in [1.82, 2.24) is 14.8 Å². The lowest BCUT2D eigenvalue weighted by atomic mass is 10.1. The maximum Gasteiger partial charge on any atom is 0.158 e. The largest absolute Gasteiger partial charge is 0.494 e.